The molecule has 5 N–H and O–H groups in total. The normalized spacial score (nSPS) is 12.5. The lowest BCUT2D eigenvalue weighted by Gasteiger charge is -2.34. The number of carbonyl (C=O) groups is 11. The fraction of sp³-hybridized carbons (Fsp3) is 0.871. The zero-order valence-corrected chi connectivity index (χ0v) is 68.9. The number of unbranched alkanes of at least 4 members (excludes halogenated alkanes) is 30. The summed E-state index contributed by atoms with van der Waals surface area (Å²) in [6.45, 7) is 15.3. The fourth-order valence-electron chi connectivity index (χ4n) is 12.1. The first-order valence-corrected chi connectivity index (χ1v) is 42.6. The molecule has 0 unspecified atom stereocenters. The summed E-state index contributed by atoms with van der Waals surface area (Å²) in [4.78, 5) is 133. The van der Waals surface area contributed by atoms with Gasteiger partial charge in [0.15, 0.2) is 23.1 Å². The van der Waals surface area contributed by atoms with Crippen LogP contribution in [0.2, 0.25) is 0 Å². The van der Waals surface area contributed by atoms with Gasteiger partial charge in [-0.15, -0.1) is 0 Å². The highest BCUT2D eigenvalue weighted by molar-refractivity contribution is 5.85. The van der Waals surface area contributed by atoms with Crippen LogP contribution < -0.4 is 10.6 Å². The Morgan fingerprint density at radius 2 is 0.613 bits per heavy atom. The number of ketones is 5. The summed E-state index contributed by atoms with van der Waals surface area (Å²) < 4.78 is 43.0. The van der Waals surface area contributed by atoms with E-state index in [0.717, 1.165) is 77.0 Å². The van der Waals surface area contributed by atoms with Crippen molar-refractivity contribution in [3.63, 3.8) is 0 Å². The van der Waals surface area contributed by atoms with Gasteiger partial charge in [0.25, 0.3) is 0 Å². The van der Waals surface area contributed by atoms with E-state index >= 15 is 0 Å². The van der Waals surface area contributed by atoms with Crippen LogP contribution in [0.5, 0.6) is 0 Å². The number of hydrogen-bond donors (Lipinski definition) is 5. The predicted molar refractivity (Wildman–Crippen MR) is 432 cm³/mol. The first-order valence-electron chi connectivity index (χ1n) is 42.6. The summed E-state index contributed by atoms with van der Waals surface area (Å²) in [6.07, 6.45) is 40.9. The number of carboxylic acids is 3. The molecule has 1 atom stereocenters. The van der Waals surface area contributed by atoms with Crippen LogP contribution >= 0.6 is 0 Å². The van der Waals surface area contributed by atoms with Crippen molar-refractivity contribution in [2.24, 2.45) is 17.8 Å². The minimum atomic E-state index is -1.06. The molecule has 26 heteroatoms. The molecule has 0 radical (unpaired) electrons. The van der Waals surface area contributed by atoms with Crippen molar-refractivity contribution < 1.29 is 106 Å². The molecule has 0 aromatic rings. The van der Waals surface area contributed by atoms with Crippen molar-refractivity contribution in [2.75, 3.05) is 152 Å². The molecule has 0 spiro atoms. The van der Waals surface area contributed by atoms with Crippen LogP contribution in [-0.2, 0) is 90.6 Å². The molecule has 0 saturated carbocycles. The van der Waals surface area contributed by atoms with E-state index < -0.39 is 23.8 Å². The van der Waals surface area contributed by atoms with Gasteiger partial charge < -0.3 is 68.7 Å². The molecule has 1 aliphatic heterocycles. The van der Waals surface area contributed by atoms with Gasteiger partial charge in [-0.25, -0.2) is 0 Å². The lowest BCUT2D eigenvalue weighted by atomic mass is 9.94. The van der Waals surface area contributed by atoms with Gasteiger partial charge in [-0.05, 0) is 44.9 Å². The number of nitrogens with zero attached hydrogens (tertiary/aromatic N) is 2. The van der Waals surface area contributed by atoms with E-state index in [1.54, 1.807) is 0 Å². The second-order valence-corrected chi connectivity index (χ2v) is 30.0. The number of amides is 3. The van der Waals surface area contributed by atoms with E-state index in [1.165, 1.54) is 128 Å². The van der Waals surface area contributed by atoms with Crippen LogP contribution in [0.1, 0.15) is 311 Å². The number of hydrogen-bond acceptors (Lipinski definition) is 20. The summed E-state index contributed by atoms with van der Waals surface area (Å²) in [5, 5.41) is 32.4. The summed E-state index contributed by atoms with van der Waals surface area (Å²) in [5.41, 5.74) is 0. The Labute approximate surface area is 668 Å². The number of carboxylic acid groups (broad SMARTS) is 3. The number of carbonyl (C=O) groups excluding carboxylic acids is 8. The van der Waals surface area contributed by atoms with Crippen molar-refractivity contribution in [3.8, 4) is 0 Å². The van der Waals surface area contributed by atoms with Gasteiger partial charge in [0.05, 0.1) is 78.5 Å². The molecule has 111 heavy (non-hydrogen) atoms. The Bertz CT molecular complexity index is 2340. The molecule has 1 saturated heterocycles. The fourth-order valence-corrected chi connectivity index (χ4v) is 12.1. The Morgan fingerprint density at radius 3 is 0.955 bits per heavy atom. The second kappa shape index (κ2) is 80.0. The van der Waals surface area contributed by atoms with Crippen molar-refractivity contribution in [1.82, 2.24) is 20.4 Å². The Morgan fingerprint density at radius 1 is 0.315 bits per heavy atom. The molecule has 3 amide bonds. The lowest BCUT2D eigenvalue weighted by Crippen LogP contribution is -2.51. The van der Waals surface area contributed by atoms with Crippen molar-refractivity contribution in [2.45, 2.75) is 311 Å². The summed E-state index contributed by atoms with van der Waals surface area (Å²) in [5.74, 6) is -3.49. The number of rotatable bonds is 82. The number of Topliss-reactive ketones (excluding diaryl/α,β-unsaturated/α-hetero) is 5. The Kier molecular flexibility index (Phi) is 77.8. The maximum Gasteiger partial charge on any atom is 0.306 e. The van der Waals surface area contributed by atoms with Gasteiger partial charge in [0, 0.05) is 116 Å². The first-order chi connectivity index (χ1) is 53.2. The van der Waals surface area contributed by atoms with E-state index in [9.17, 15) is 57.8 Å². The number of piperazine rings is 1. The molecule has 26 nitrogen and oxygen atoms in total. The van der Waals surface area contributed by atoms with Gasteiger partial charge in [-0.1, -0.05) is 215 Å². The third-order valence-electron chi connectivity index (χ3n) is 19.2. The SMILES string of the molecule is C.CC(C)C(=O)COCCOCCCC(=O)COCCOCCNC(=O)CC[C@H](CC(=O)CCCCCCCCCCCCCCCCCCC(=O)O)C(=O)O.CC(C)C(=O)COCCOCCCC(=O)COCCOCCNC(=O)CN1CCN(C(=O)CCCCCCCCCCCCCCCCCCC(=O)O)CC1. The molecule has 0 aromatic heterocycles. The Hall–Kier alpha value is -5.19. The van der Waals surface area contributed by atoms with E-state index in [-0.39, 0.29) is 144 Å². The molecule has 648 valence electrons. The van der Waals surface area contributed by atoms with Crippen LogP contribution in [0.4, 0.5) is 0 Å². The molecule has 1 fully saturated rings. The van der Waals surface area contributed by atoms with E-state index in [0.29, 0.717) is 144 Å². The van der Waals surface area contributed by atoms with Crippen molar-refractivity contribution in [3.05, 3.63) is 0 Å². The third kappa shape index (κ3) is 77.2. The predicted octanol–water partition coefficient (Wildman–Crippen LogP) is 13.9. The molecule has 0 bridgehead atoms. The summed E-state index contributed by atoms with van der Waals surface area (Å²) in [7, 11) is 0. The highest BCUT2D eigenvalue weighted by atomic mass is 16.5. The standard InChI is InChI=1S/C42H77N3O10.C42H75NO12.CH4/c1-37(2)39(47)36-55-33-30-52-28-19-20-38(46)35-54-32-31-53-29-23-43-40(48)34-44-24-26-45(27-25-44)41(49)21-17-15-13-11-9-7-5-3-4-6-8-10-12-14-16-18-22-42(50)51;1-35(2)39(46)34-55-31-28-52-26-19-21-38(45)33-54-30-29-53-27-25-43-40(47)24-23-36(42(50)51)32-37(44)20-17-15-13-11-9-7-5-3-4-6-8-10-12-14-16-18-22-41(48)49;/h37H,3-36H2,1-2H3,(H,43,48)(H,50,51);35-36H,3-34H2,1-2H3,(H,43,47)(H,48,49)(H,50,51);1H4/t;36-;/m.1./s1. The number of aliphatic carboxylic acids is 3. The van der Waals surface area contributed by atoms with Crippen LogP contribution in [0.15, 0.2) is 0 Å². The quantitative estimate of drug-likeness (QED) is 0.0353. The highest BCUT2D eigenvalue weighted by Gasteiger charge is 2.24. The van der Waals surface area contributed by atoms with Gasteiger partial charge in [0.2, 0.25) is 17.7 Å². The molecular weight excluding hydrogens is 1430 g/mol. The molecule has 1 aliphatic rings. The smallest absolute Gasteiger partial charge is 0.306 e. The first kappa shape index (κ1) is 108. The van der Waals surface area contributed by atoms with E-state index in [4.69, 9.17) is 48.1 Å². The molecular formula is C85H156N4O22. The number of nitrogens with one attached hydrogen (secondary N) is 2. The molecule has 1 heterocycles. The summed E-state index contributed by atoms with van der Waals surface area (Å²) >= 11 is 0. The maximum atomic E-state index is 12.7. The Balaban J connectivity index is 0. The van der Waals surface area contributed by atoms with Gasteiger partial charge in [-0.2, -0.15) is 0 Å². The zero-order valence-electron chi connectivity index (χ0n) is 68.9. The van der Waals surface area contributed by atoms with E-state index in [2.05, 4.69) is 15.5 Å². The van der Waals surface area contributed by atoms with Crippen LogP contribution in [0.3, 0.4) is 0 Å². The minimum absolute atomic E-state index is 0. The third-order valence-corrected chi connectivity index (χ3v) is 19.2. The zero-order chi connectivity index (χ0) is 81.0. The van der Waals surface area contributed by atoms with E-state index in [1.807, 2.05) is 32.6 Å². The average Bonchev–Trinajstić information content (AvgIpc) is 0.880. The van der Waals surface area contributed by atoms with Gasteiger partial charge in [-0.3, -0.25) is 57.6 Å². The highest BCUT2D eigenvalue weighted by Crippen LogP contribution is 2.19. The lowest BCUT2D eigenvalue weighted by molar-refractivity contribution is -0.144. The van der Waals surface area contributed by atoms with Crippen LogP contribution in [0.25, 0.3) is 0 Å². The molecule has 0 aromatic carbocycles. The number of ether oxygens (including phenoxy) is 8. The van der Waals surface area contributed by atoms with Crippen LogP contribution in [0, 0.1) is 17.8 Å². The molecule has 1 rings (SSSR count). The maximum absolute atomic E-state index is 12.7. The van der Waals surface area contributed by atoms with Crippen molar-refractivity contribution >= 4 is 64.5 Å². The van der Waals surface area contributed by atoms with Crippen molar-refractivity contribution in [1.29, 1.82) is 0 Å². The van der Waals surface area contributed by atoms with Crippen LogP contribution in [-0.4, -0.2) is 241 Å². The minimum Gasteiger partial charge on any atom is -0.481 e. The largest absolute Gasteiger partial charge is 0.481 e. The van der Waals surface area contributed by atoms with Gasteiger partial charge in [0.1, 0.15) is 32.2 Å². The average molecular weight is 1590 g/mol. The monoisotopic (exact) mass is 1590 g/mol. The molecule has 0 aliphatic carbocycles. The second-order valence-electron chi connectivity index (χ2n) is 30.0. The summed E-state index contributed by atoms with van der Waals surface area (Å²) in [6, 6.07) is 0. The van der Waals surface area contributed by atoms with Gasteiger partial charge >= 0.3 is 17.9 Å². The topological polar surface area (TPSA) is 353 Å².